The Morgan fingerprint density at radius 2 is 2.22 bits per heavy atom. The van der Waals surface area contributed by atoms with E-state index in [1.54, 1.807) is 4.68 Å². The van der Waals surface area contributed by atoms with Crippen molar-refractivity contribution in [3.05, 3.63) is 35.0 Å². The number of halogens is 1. The van der Waals surface area contributed by atoms with Crippen LogP contribution in [0.25, 0.3) is 0 Å². The van der Waals surface area contributed by atoms with Crippen LogP contribution in [0.2, 0.25) is 5.15 Å². The van der Waals surface area contributed by atoms with Crippen LogP contribution in [0.1, 0.15) is 18.2 Å². The third-order valence-electron chi connectivity index (χ3n) is 2.69. The number of hydrogen-bond donors (Lipinski definition) is 1. The summed E-state index contributed by atoms with van der Waals surface area (Å²) in [5.74, 6) is 0.813. The Labute approximate surface area is 111 Å². The molecule has 2 rings (SSSR count). The van der Waals surface area contributed by atoms with Gasteiger partial charge in [-0.1, -0.05) is 18.5 Å². The predicted octanol–water partition coefficient (Wildman–Crippen LogP) is 2.08. The van der Waals surface area contributed by atoms with Gasteiger partial charge in [0.2, 0.25) is 0 Å². The van der Waals surface area contributed by atoms with Crippen molar-refractivity contribution in [2.24, 2.45) is 7.05 Å². The maximum absolute atomic E-state index is 6.02. The van der Waals surface area contributed by atoms with E-state index >= 15 is 0 Å². The lowest BCUT2D eigenvalue weighted by Gasteiger charge is -2.09. The second kappa shape index (κ2) is 5.82. The number of anilines is 1. The van der Waals surface area contributed by atoms with E-state index in [0.29, 0.717) is 5.15 Å². The summed E-state index contributed by atoms with van der Waals surface area (Å²) in [5, 5.41) is 8.12. The normalized spacial score (nSPS) is 10.6. The van der Waals surface area contributed by atoms with Crippen molar-refractivity contribution < 1.29 is 0 Å². The first-order valence-electron chi connectivity index (χ1n) is 5.92. The highest BCUT2D eigenvalue weighted by Gasteiger charge is 2.07. The number of aryl methyl sites for hydroxylation is 1. The van der Waals surface area contributed by atoms with E-state index in [9.17, 15) is 0 Å². The molecular formula is C12H16ClN5. The Morgan fingerprint density at radius 1 is 1.39 bits per heavy atom. The highest BCUT2D eigenvalue weighted by molar-refractivity contribution is 6.30. The van der Waals surface area contributed by atoms with Gasteiger partial charge in [0.1, 0.15) is 17.3 Å². The van der Waals surface area contributed by atoms with Gasteiger partial charge in [-0.25, -0.2) is 9.97 Å². The molecule has 0 radical (unpaired) electrons. The van der Waals surface area contributed by atoms with Gasteiger partial charge in [-0.15, -0.1) is 0 Å². The minimum absolute atomic E-state index is 0.521. The molecule has 0 atom stereocenters. The quantitative estimate of drug-likeness (QED) is 0.841. The van der Waals surface area contributed by atoms with E-state index in [0.717, 1.165) is 36.5 Å². The highest BCUT2D eigenvalue weighted by Crippen LogP contribution is 2.19. The van der Waals surface area contributed by atoms with Crippen LogP contribution in [0.4, 0.5) is 5.82 Å². The summed E-state index contributed by atoms with van der Waals surface area (Å²) in [6.07, 6.45) is 5.08. The fourth-order valence-corrected chi connectivity index (χ4v) is 2.03. The van der Waals surface area contributed by atoms with Crippen molar-refractivity contribution in [2.75, 3.05) is 11.9 Å². The van der Waals surface area contributed by atoms with Crippen LogP contribution >= 0.6 is 11.6 Å². The van der Waals surface area contributed by atoms with Gasteiger partial charge < -0.3 is 5.32 Å². The lowest BCUT2D eigenvalue weighted by Crippen LogP contribution is -2.09. The molecule has 0 fully saturated rings. The fraction of sp³-hybridized carbons (Fsp3) is 0.417. The average Bonchev–Trinajstić information content (AvgIpc) is 2.75. The molecule has 0 aliphatic rings. The van der Waals surface area contributed by atoms with Crippen LogP contribution in [-0.4, -0.2) is 26.3 Å². The largest absolute Gasteiger partial charge is 0.369 e. The second-order valence-electron chi connectivity index (χ2n) is 4.00. The summed E-state index contributed by atoms with van der Waals surface area (Å²) >= 11 is 6.02. The van der Waals surface area contributed by atoms with Gasteiger partial charge in [0, 0.05) is 31.8 Å². The smallest absolute Gasteiger partial charge is 0.137 e. The molecule has 2 heterocycles. The SMILES string of the molecule is CCc1c(Cl)ncnc1NCCc1ccn(C)n1. The van der Waals surface area contributed by atoms with E-state index < -0.39 is 0 Å². The fourth-order valence-electron chi connectivity index (χ4n) is 1.76. The number of nitrogens with one attached hydrogen (secondary N) is 1. The molecule has 2 aromatic rings. The molecule has 96 valence electrons. The van der Waals surface area contributed by atoms with Crippen LogP contribution in [0.5, 0.6) is 0 Å². The molecule has 0 saturated heterocycles. The molecule has 0 aliphatic heterocycles. The standard InChI is InChI=1S/C12H16ClN5/c1-3-10-11(13)15-8-16-12(10)14-6-4-9-5-7-18(2)17-9/h5,7-8H,3-4,6H2,1-2H3,(H,14,15,16). The van der Waals surface area contributed by atoms with Crippen molar-refractivity contribution >= 4 is 17.4 Å². The maximum Gasteiger partial charge on any atom is 0.137 e. The summed E-state index contributed by atoms with van der Waals surface area (Å²) < 4.78 is 1.80. The molecule has 0 aromatic carbocycles. The molecule has 18 heavy (non-hydrogen) atoms. The van der Waals surface area contributed by atoms with Crippen molar-refractivity contribution in [3.63, 3.8) is 0 Å². The van der Waals surface area contributed by atoms with E-state index in [-0.39, 0.29) is 0 Å². The van der Waals surface area contributed by atoms with Gasteiger partial charge in [0.15, 0.2) is 0 Å². The Morgan fingerprint density at radius 3 is 2.89 bits per heavy atom. The first-order chi connectivity index (χ1) is 8.70. The molecule has 6 heteroatoms. The zero-order valence-electron chi connectivity index (χ0n) is 10.5. The number of hydrogen-bond acceptors (Lipinski definition) is 4. The summed E-state index contributed by atoms with van der Waals surface area (Å²) in [4.78, 5) is 8.19. The van der Waals surface area contributed by atoms with Crippen molar-refractivity contribution in [1.29, 1.82) is 0 Å². The third kappa shape index (κ3) is 2.98. The van der Waals surface area contributed by atoms with Gasteiger partial charge in [-0.2, -0.15) is 5.10 Å². The Hall–Kier alpha value is -1.62. The maximum atomic E-state index is 6.02. The molecule has 0 spiro atoms. The summed E-state index contributed by atoms with van der Waals surface area (Å²) in [5.41, 5.74) is 2.02. The second-order valence-corrected chi connectivity index (χ2v) is 4.36. The van der Waals surface area contributed by atoms with Crippen LogP contribution in [0.3, 0.4) is 0 Å². The molecule has 1 N–H and O–H groups in total. The van der Waals surface area contributed by atoms with Gasteiger partial charge in [-0.3, -0.25) is 4.68 Å². The molecule has 0 amide bonds. The summed E-state index contributed by atoms with van der Waals surface area (Å²) in [6, 6.07) is 2.01. The average molecular weight is 266 g/mol. The first-order valence-corrected chi connectivity index (χ1v) is 6.30. The molecule has 0 unspecified atom stereocenters. The molecular weight excluding hydrogens is 250 g/mol. The highest BCUT2D eigenvalue weighted by atomic mass is 35.5. The minimum atomic E-state index is 0.521. The number of nitrogens with zero attached hydrogens (tertiary/aromatic N) is 4. The zero-order valence-corrected chi connectivity index (χ0v) is 11.3. The van der Waals surface area contributed by atoms with E-state index in [4.69, 9.17) is 11.6 Å². The van der Waals surface area contributed by atoms with Crippen LogP contribution in [0.15, 0.2) is 18.6 Å². The van der Waals surface area contributed by atoms with Gasteiger partial charge >= 0.3 is 0 Å². The van der Waals surface area contributed by atoms with E-state index in [2.05, 4.69) is 20.4 Å². The molecule has 2 aromatic heterocycles. The number of rotatable bonds is 5. The lowest BCUT2D eigenvalue weighted by atomic mass is 10.2. The van der Waals surface area contributed by atoms with Crippen molar-refractivity contribution in [1.82, 2.24) is 19.7 Å². The van der Waals surface area contributed by atoms with Crippen LogP contribution in [-0.2, 0) is 19.9 Å². The van der Waals surface area contributed by atoms with Gasteiger partial charge in [0.05, 0.1) is 5.69 Å². The van der Waals surface area contributed by atoms with Crippen LogP contribution < -0.4 is 5.32 Å². The van der Waals surface area contributed by atoms with E-state index in [1.807, 2.05) is 26.2 Å². The minimum Gasteiger partial charge on any atom is -0.369 e. The Kier molecular flexibility index (Phi) is 4.15. The Bertz CT molecular complexity index is 523. The van der Waals surface area contributed by atoms with Crippen molar-refractivity contribution in [2.45, 2.75) is 19.8 Å². The molecule has 5 nitrogen and oxygen atoms in total. The van der Waals surface area contributed by atoms with E-state index in [1.165, 1.54) is 6.33 Å². The molecule has 0 aliphatic carbocycles. The summed E-state index contributed by atoms with van der Waals surface area (Å²) in [6.45, 7) is 2.81. The monoisotopic (exact) mass is 265 g/mol. The molecule has 0 saturated carbocycles. The third-order valence-corrected chi connectivity index (χ3v) is 3.01. The zero-order chi connectivity index (χ0) is 13.0. The van der Waals surface area contributed by atoms with Crippen LogP contribution in [0, 0.1) is 0 Å². The van der Waals surface area contributed by atoms with Gasteiger partial charge in [-0.05, 0) is 12.5 Å². The van der Waals surface area contributed by atoms with Gasteiger partial charge in [0.25, 0.3) is 0 Å². The first kappa shape index (κ1) is 12.8. The molecule has 0 bridgehead atoms. The number of aromatic nitrogens is 4. The topological polar surface area (TPSA) is 55.6 Å². The summed E-state index contributed by atoms with van der Waals surface area (Å²) in [7, 11) is 1.91. The van der Waals surface area contributed by atoms with Crippen molar-refractivity contribution in [3.8, 4) is 0 Å². The lowest BCUT2D eigenvalue weighted by molar-refractivity contribution is 0.741. The Balaban J connectivity index is 1.96. The predicted molar refractivity (Wildman–Crippen MR) is 71.8 cm³/mol.